The van der Waals surface area contributed by atoms with E-state index in [0.29, 0.717) is 41.6 Å². The van der Waals surface area contributed by atoms with Crippen LogP contribution in [0.5, 0.6) is 11.5 Å². The second-order valence-corrected chi connectivity index (χ2v) is 7.72. The quantitative estimate of drug-likeness (QED) is 0.787. The number of carbonyl (C=O) groups excluding carboxylic acids is 2. The lowest BCUT2D eigenvalue weighted by Crippen LogP contribution is -2.36. The molecule has 2 aliphatic heterocycles. The Kier molecular flexibility index (Phi) is 5.29. The minimum absolute atomic E-state index is 0.166. The summed E-state index contributed by atoms with van der Waals surface area (Å²) < 4.78 is 10.6. The molecule has 0 aliphatic carbocycles. The first-order chi connectivity index (χ1) is 14.0. The monoisotopic (exact) mass is 395 g/mol. The number of rotatable bonds is 5. The summed E-state index contributed by atoms with van der Waals surface area (Å²) in [5, 5.41) is 5.66. The molecule has 4 rings (SSSR count). The molecule has 2 aliphatic rings. The number of fused-ring (bicyclic) bond motifs is 2. The molecule has 0 spiro atoms. The molecule has 2 aromatic carbocycles. The second kappa shape index (κ2) is 8.03. The van der Waals surface area contributed by atoms with Gasteiger partial charge in [0.1, 0.15) is 0 Å². The van der Waals surface area contributed by atoms with Gasteiger partial charge in [0.25, 0.3) is 0 Å². The van der Waals surface area contributed by atoms with Gasteiger partial charge < -0.3 is 25.0 Å². The van der Waals surface area contributed by atoms with E-state index < -0.39 is 0 Å². The van der Waals surface area contributed by atoms with Gasteiger partial charge in [0.2, 0.25) is 12.7 Å². The summed E-state index contributed by atoms with van der Waals surface area (Å²) >= 11 is 0. The van der Waals surface area contributed by atoms with Gasteiger partial charge in [-0.3, -0.25) is 4.79 Å². The van der Waals surface area contributed by atoms with Crippen LogP contribution in [0.4, 0.5) is 21.9 Å². The van der Waals surface area contributed by atoms with Gasteiger partial charge in [0.05, 0.1) is 0 Å². The molecule has 2 aromatic rings. The van der Waals surface area contributed by atoms with Crippen molar-refractivity contribution in [3.05, 3.63) is 42.0 Å². The predicted octanol–water partition coefficient (Wildman–Crippen LogP) is 4.38. The van der Waals surface area contributed by atoms with Crippen LogP contribution in [0.2, 0.25) is 0 Å². The van der Waals surface area contributed by atoms with Crippen molar-refractivity contribution in [1.82, 2.24) is 0 Å². The van der Waals surface area contributed by atoms with Crippen LogP contribution in [-0.4, -0.2) is 25.3 Å². The third-order valence-corrected chi connectivity index (χ3v) is 5.10. The van der Waals surface area contributed by atoms with Crippen molar-refractivity contribution in [2.75, 3.05) is 28.9 Å². The summed E-state index contributed by atoms with van der Waals surface area (Å²) in [6, 6.07) is 10.6. The van der Waals surface area contributed by atoms with E-state index in [2.05, 4.69) is 24.5 Å². The fourth-order valence-corrected chi connectivity index (χ4v) is 3.54. The normalized spacial score (nSPS) is 14.7. The van der Waals surface area contributed by atoms with Crippen LogP contribution in [0.15, 0.2) is 36.4 Å². The van der Waals surface area contributed by atoms with Gasteiger partial charge >= 0.3 is 6.03 Å². The van der Waals surface area contributed by atoms with Gasteiger partial charge in [0.15, 0.2) is 11.5 Å². The van der Waals surface area contributed by atoms with Crippen molar-refractivity contribution in [2.24, 2.45) is 5.92 Å². The zero-order chi connectivity index (χ0) is 20.4. The lowest BCUT2D eigenvalue weighted by molar-refractivity contribution is -0.118. The number of carbonyl (C=O) groups is 2. The molecule has 2 N–H and O–H groups in total. The number of hydrogen-bond acceptors (Lipinski definition) is 4. The molecule has 2 heterocycles. The fourth-order valence-electron chi connectivity index (χ4n) is 3.54. The van der Waals surface area contributed by atoms with Crippen molar-refractivity contribution in [2.45, 2.75) is 33.1 Å². The zero-order valence-electron chi connectivity index (χ0n) is 16.7. The Hall–Kier alpha value is -3.22. The SMILES string of the molecule is CC(C)CCN1C(=O)CCc2cc(NC(=O)Nc3ccc4c(c3)OCO4)ccc21. The van der Waals surface area contributed by atoms with E-state index in [0.717, 1.165) is 24.2 Å². The number of hydrogen-bond donors (Lipinski definition) is 2. The van der Waals surface area contributed by atoms with E-state index in [9.17, 15) is 9.59 Å². The van der Waals surface area contributed by atoms with E-state index in [1.165, 1.54) is 0 Å². The zero-order valence-corrected chi connectivity index (χ0v) is 16.7. The second-order valence-electron chi connectivity index (χ2n) is 7.72. The molecule has 29 heavy (non-hydrogen) atoms. The smallest absolute Gasteiger partial charge is 0.323 e. The van der Waals surface area contributed by atoms with Crippen molar-refractivity contribution >= 4 is 29.0 Å². The van der Waals surface area contributed by atoms with Gasteiger partial charge in [-0.15, -0.1) is 0 Å². The molecule has 0 unspecified atom stereocenters. The first-order valence-electron chi connectivity index (χ1n) is 9.90. The highest BCUT2D eigenvalue weighted by Crippen LogP contribution is 2.34. The number of anilines is 3. The number of urea groups is 1. The Bertz CT molecular complexity index is 942. The minimum Gasteiger partial charge on any atom is -0.454 e. The van der Waals surface area contributed by atoms with Crippen LogP contribution < -0.4 is 25.0 Å². The minimum atomic E-state index is -0.340. The molecule has 0 aromatic heterocycles. The van der Waals surface area contributed by atoms with Gasteiger partial charge in [-0.05, 0) is 54.7 Å². The fraction of sp³-hybridized carbons (Fsp3) is 0.364. The van der Waals surface area contributed by atoms with Gasteiger partial charge in [-0.25, -0.2) is 4.79 Å². The summed E-state index contributed by atoms with van der Waals surface area (Å²) in [6.07, 6.45) is 2.15. The summed E-state index contributed by atoms with van der Waals surface area (Å²) in [7, 11) is 0. The number of nitrogens with zero attached hydrogens (tertiary/aromatic N) is 1. The van der Waals surface area contributed by atoms with Crippen LogP contribution in [0.1, 0.15) is 32.3 Å². The number of benzene rings is 2. The molecule has 0 atom stereocenters. The summed E-state index contributed by atoms with van der Waals surface area (Å²) in [5.41, 5.74) is 3.34. The Balaban J connectivity index is 1.43. The number of nitrogens with one attached hydrogen (secondary N) is 2. The Morgan fingerprint density at radius 3 is 2.55 bits per heavy atom. The largest absolute Gasteiger partial charge is 0.454 e. The maximum absolute atomic E-state index is 12.4. The Labute approximate surface area is 170 Å². The molecular formula is C22H25N3O4. The van der Waals surface area contributed by atoms with Crippen LogP contribution in [0.3, 0.4) is 0 Å². The highest BCUT2D eigenvalue weighted by Gasteiger charge is 2.24. The van der Waals surface area contributed by atoms with Gasteiger partial charge in [-0.2, -0.15) is 0 Å². The number of aryl methyl sites for hydroxylation is 1. The molecular weight excluding hydrogens is 370 g/mol. The molecule has 0 radical (unpaired) electrons. The van der Waals surface area contributed by atoms with E-state index >= 15 is 0 Å². The molecule has 0 saturated heterocycles. The van der Waals surface area contributed by atoms with E-state index in [-0.39, 0.29) is 18.7 Å². The summed E-state index contributed by atoms with van der Waals surface area (Å²) in [6.45, 7) is 5.22. The molecule has 0 saturated carbocycles. The lowest BCUT2D eigenvalue weighted by Gasteiger charge is -2.30. The van der Waals surface area contributed by atoms with Crippen LogP contribution in [0, 0.1) is 5.92 Å². The van der Waals surface area contributed by atoms with Crippen molar-refractivity contribution in [3.63, 3.8) is 0 Å². The van der Waals surface area contributed by atoms with E-state index in [1.807, 2.05) is 23.1 Å². The molecule has 7 nitrogen and oxygen atoms in total. The summed E-state index contributed by atoms with van der Waals surface area (Å²) in [5.74, 6) is 1.98. The lowest BCUT2D eigenvalue weighted by atomic mass is 9.99. The third kappa shape index (κ3) is 4.29. The first kappa shape index (κ1) is 19.1. The first-order valence-corrected chi connectivity index (χ1v) is 9.90. The van der Waals surface area contributed by atoms with Crippen molar-refractivity contribution < 1.29 is 19.1 Å². The maximum atomic E-state index is 12.4. The highest BCUT2D eigenvalue weighted by atomic mass is 16.7. The van der Waals surface area contributed by atoms with Crippen LogP contribution in [-0.2, 0) is 11.2 Å². The molecule has 152 valence electrons. The molecule has 0 bridgehead atoms. The van der Waals surface area contributed by atoms with Gasteiger partial charge in [-0.1, -0.05) is 13.8 Å². The van der Waals surface area contributed by atoms with E-state index in [4.69, 9.17) is 9.47 Å². The predicted molar refractivity (Wildman–Crippen MR) is 112 cm³/mol. The van der Waals surface area contributed by atoms with Crippen LogP contribution in [0.25, 0.3) is 0 Å². The highest BCUT2D eigenvalue weighted by molar-refractivity contribution is 6.01. The Morgan fingerprint density at radius 2 is 1.76 bits per heavy atom. The average Bonchev–Trinajstić information content (AvgIpc) is 3.15. The van der Waals surface area contributed by atoms with E-state index in [1.54, 1.807) is 18.2 Å². The summed E-state index contributed by atoms with van der Waals surface area (Å²) in [4.78, 5) is 26.6. The Morgan fingerprint density at radius 1 is 1.03 bits per heavy atom. The van der Waals surface area contributed by atoms with Crippen molar-refractivity contribution in [3.8, 4) is 11.5 Å². The number of amides is 3. The third-order valence-electron chi connectivity index (χ3n) is 5.10. The maximum Gasteiger partial charge on any atom is 0.323 e. The number of ether oxygens (including phenoxy) is 2. The topological polar surface area (TPSA) is 79.9 Å². The van der Waals surface area contributed by atoms with Crippen molar-refractivity contribution in [1.29, 1.82) is 0 Å². The molecule has 0 fully saturated rings. The van der Waals surface area contributed by atoms with Gasteiger partial charge in [0, 0.05) is 36.1 Å². The molecule has 7 heteroatoms. The van der Waals surface area contributed by atoms with Crippen LogP contribution >= 0.6 is 0 Å². The molecule has 3 amide bonds. The average molecular weight is 395 g/mol. The standard InChI is InChI=1S/C22H25N3O4/c1-14(2)9-10-25-18-6-4-16(11-15(18)3-8-21(25)26)23-22(27)24-17-5-7-19-20(12-17)29-13-28-19/h4-7,11-12,14H,3,8-10,13H2,1-2H3,(H2,23,24,27).